The summed E-state index contributed by atoms with van der Waals surface area (Å²) in [4.78, 5) is 14.1. The first-order valence-corrected chi connectivity index (χ1v) is 7.57. The molecule has 1 unspecified atom stereocenters. The van der Waals surface area contributed by atoms with Crippen LogP contribution in [-0.4, -0.2) is 42.6 Å². The highest BCUT2D eigenvalue weighted by Gasteiger charge is 2.36. The Morgan fingerprint density at radius 2 is 1.79 bits per heavy atom. The van der Waals surface area contributed by atoms with E-state index in [9.17, 15) is 4.79 Å². The van der Waals surface area contributed by atoms with Gasteiger partial charge in [0.2, 0.25) is 0 Å². The van der Waals surface area contributed by atoms with E-state index in [1.54, 1.807) is 6.92 Å². The first-order valence-electron chi connectivity index (χ1n) is 7.57. The number of nitrogens with zero attached hydrogens (tertiary/aromatic N) is 1. The summed E-state index contributed by atoms with van der Waals surface area (Å²) in [6, 6.07) is 0. The summed E-state index contributed by atoms with van der Waals surface area (Å²) in [5, 5.41) is 0. The predicted molar refractivity (Wildman–Crippen MR) is 77.9 cm³/mol. The zero-order chi connectivity index (χ0) is 14.5. The first kappa shape index (κ1) is 16.4. The lowest BCUT2D eigenvalue weighted by Gasteiger charge is -2.42. The maximum atomic E-state index is 11.8. The van der Waals surface area contributed by atoms with Crippen molar-refractivity contribution in [3.8, 4) is 0 Å². The molecule has 2 N–H and O–H groups in total. The molecule has 0 aromatic rings. The number of likely N-dealkylation sites (tertiary alicyclic amines) is 1. The normalized spacial score (nSPS) is 22.8. The van der Waals surface area contributed by atoms with Crippen molar-refractivity contribution in [1.29, 1.82) is 0 Å². The van der Waals surface area contributed by atoms with Crippen molar-refractivity contribution in [3.05, 3.63) is 0 Å². The number of nitrogens with two attached hydrogens (primary N) is 1. The van der Waals surface area contributed by atoms with Gasteiger partial charge in [0.05, 0.1) is 6.61 Å². The van der Waals surface area contributed by atoms with Crippen molar-refractivity contribution in [3.63, 3.8) is 0 Å². The highest BCUT2D eigenvalue weighted by atomic mass is 16.5. The largest absolute Gasteiger partial charge is 0.465 e. The average molecular weight is 270 g/mol. The van der Waals surface area contributed by atoms with Gasteiger partial charge in [0.25, 0.3) is 0 Å². The Morgan fingerprint density at radius 3 is 2.21 bits per heavy atom. The minimum absolute atomic E-state index is 0.294. The summed E-state index contributed by atoms with van der Waals surface area (Å²) >= 11 is 0. The van der Waals surface area contributed by atoms with Gasteiger partial charge in [-0.25, -0.2) is 0 Å². The van der Waals surface area contributed by atoms with Crippen molar-refractivity contribution in [2.24, 2.45) is 11.1 Å². The molecule has 0 saturated carbocycles. The highest BCUT2D eigenvalue weighted by Crippen LogP contribution is 2.38. The summed E-state index contributed by atoms with van der Waals surface area (Å²) in [5.74, 6) is -0.294. The fourth-order valence-electron chi connectivity index (χ4n) is 2.97. The molecule has 1 fully saturated rings. The number of hydrogen-bond donors (Lipinski definition) is 1. The van der Waals surface area contributed by atoms with E-state index in [-0.39, 0.29) is 5.97 Å². The maximum absolute atomic E-state index is 11.8. The van der Waals surface area contributed by atoms with Crippen LogP contribution in [0.15, 0.2) is 0 Å². The summed E-state index contributed by atoms with van der Waals surface area (Å²) in [7, 11) is 0. The second kappa shape index (κ2) is 6.71. The van der Waals surface area contributed by atoms with Gasteiger partial charge in [0.15, 0.2) is 0 Å². The molecule has 4 nitrogen and oxygen atoms in total. The zero-order valence-electron chi connectivity index (χ0n) is 13.0. The van der Waals surface area contributed by atoms with Gasteiger partial charge in [-0.2, -0.15) is 0 Å². The number of ether oxygens (including phenoxy) is 1. The van der Waals surface area contributed by atoms with Gasteiger partial charge in [-0.05, 0) is 45.2 Å². The lowest BCUT2D eigenvalue weighted by atomic mass is 9.74. The summed E-state index contributed by atoms with van der Waals surface area (Å²) in [6.45, 7) is 11.2. The van der Waals surface area contributed by atoms with Crippen LogP contribution in [0.3, 0.4) is 0 Å². The quantitative estimate of drug-likeness (QED) is 0.752. The van der Waals surface area contributed by atoms with E-state index in [4.69, 9.17) is 10.5 Å². The topological polar surface area (TPSA) is 55.6 Å². The molecule has 0 aromatic heterocycles. The molecular weight excluding hydrogens is 240 g/mol. The molecule has 4 heteroatoms. The molecule has 1 atom stereocenters. The molecule has 19 heavy (non-hydrogen) atoms. The number of esters is 1. The van der Waals surface area contributed by atoms with Gasteiger partial charge in [0, 0.05) is 6.54 Å². The molecule has 1 aliphatic rings. The van der Waals surface area contributed by atoms with Gasteiger partial charge in [0.1, 0.15) is 5.54 Å². The Labute approximate surface area is 117 Å². The minimum atomic E-state index is -0.894. The van der Waals surface area contributed by atoms with E-state index in [2.05, 4.69) is 18.7 Å². The number of hydrogen-bond acceptors (Lipinski definition) is 4. The van der Waals surface area contributed by atoms with Crippen molar-refractivity contribution >= 4 is 5.97 Å². The van der Waals surface area contributed by atoms with E-state index in [0.29, 0.717) is 18.6 Å². The molecule has 1 rings (SSSR count). The predicted octanol–water partition coefficient (Wildman–Crippen LogP) is 2.17. The SMILES string of the molecule is CCOC(=O)C(C)(N)CN1CCC(CC)(CC)CC1. The second-order valence-electron chi connectivity index (χ2n) is 6.12. The van der Waals surface area contributed by atoms with Crippen molar-refractivity contribution < 1.29 is 9.53 Å². The van der Waals surface area contributed by atoms with Crippen molar-refractivity contribution in [2.45, 2.75) is 58.9 Å². The van der Waals surface area contributed by atoms with Crippen molar-refractivity contribution in [2.75, 3.05) is 26.2 Å². The van der Waals surface area contributed by atoms with Crippen molar-refractivity contribution in [1.82, 2.24) is 4.90 Å². The Morgan fingerprint density at radius 1 is 1.26 bits per heavy atom. The standard InChI is InChI=1S/C15H30N2O2/c1-5-15(6-2)8-10-17(11-9-15)12-14(4,16)13(18)19-7-3/h5-12,16H2,1-4H3. The van der Waals surface area contributed by atoms with E-state index in [1.165, 1.54) is 25.7 Å². The molecule has 0 spiro atoms. The molecule has 0 aliphatic carbocycles. The molecule has 0 radical (unpaired) electrons. The third kappa shape index (κ3) is 4.18. The van der Waals surface area contributed by atoms with Gasteiger partial charge in [-0.3, -0.25) is 4.79 Å². The van der Waals surface area contributed by atoms with E-state index in [0.717, 1.165) is 13.1 Å². The highest BCUT2D eigenvalue weighted by molar-refractivity contribution is 5.80. The number of carbonyl (C=O) groups is 1. The van der Waals surface area contributed by atoms with Crippen LogP contribution in [0.4, 0.5) is 0 Å². The van der Waals surface area contributed by atoms with Gasteiger partial charge in [-0.1, -0.05) is 26.7 Å². The molecule has 1 aliphatic heterocycles. The van der Waals surface area contributed by atoms with Crippen LogP contribution >= 0.6 is 0 Å². The summed E-state index contributed by atoms with van der Waals surface area (Å²) in [6.07, 6.45) is 4.90. The third-order valence-electron chi connectivity index (χ3n) is 4.71. The van der Waals surface area contributed by atoms with E-state index < -0.39 is 5.54 Å². The monoisotopic (exact) mass is 270 g/mol. The first-order chi connectivity index (χ1) is 8.89. The van der Waals surface area contributed by atoms with E-state index >= 15 is 0 Å². The van der Waals surface area contributed by atoms with Crippen LogP contribution in [-0.2, 0) is 9.53 Å². The fourth-order valence-corrected chi connectivity index (χ4v) is 2.97. The van der Waals surface area contributed by atoms with Gasteiger partial charge in [-0.15, -0.1) is 0 Å². The summed E-state index contributed by atoms with van der Waals surface area (Å²) < 4.78 is 5.04. The van der Waals surface area contributed by atoms with Crippen LogP contribution in [0, 0.1) is 5.41 Å². The average Bonchev–Trinajstić information content (AvgIpc) is 2.40. The maximum Gasteiger partial charge on any atom is 0.327 e. The number of rotatable bonds is 6. The van der Waals surface area contributed by atoms with E-state index in [1.807, 2.05) is 6.92 Å². The fraction of sp³-hybridized carbons (Fsp3) is 0.933. The zero-order valence-corrected chi connectivity index (χ0v) is 13.0. The Kier molecular flexibility index (Phi) is 5.81. The molecule has 0 aromatic carbocycles. The molecule has 0 amide bonds. The number of piperidine rings is 1. The molecular formula is C15H30N2O2. The van der Waals surface area contributed by atoms with Gasteiger partial charge >= 0.3 is 5.97 Å². The second-order valence-corrected chi connectivity index (χ2v) is 6.12. The Bertz CT molecular complexity index is 289. The smallest absolute Gasteiger partial charge is 0.327 e. The van der Waals surface area contributed by atoms with Crippen LogP contribution in [0.5, 0.6) is 0 Å². The number of carbonyl (C=O) groups excluding carboxylic acids is 1. The Hall–Kier alpha value is -0.610. The lowest BCUT2D eigenvalue weighted by molar-refractivity contribution is -0.150. The third-order valence-corrected chi connectivity index (χ3v) is 4.71. The lowest BCUT2D eigenvalue weighted by Crippen LogP contribution is -2.56. The molecule has 0 bridgehead atoms. The minimum Gasteiger partial charge on any atom is -0.465 e. The van der Waals surface area contributed by atoms with Gasteiger partial charge < -0.3 is 15.4 Å². The van der Waals surface area contributed by atoms with Crippen LogP contribution in [0.1, 0.15) is 53.4 Å². The molecule has 112 valence electrons. The molecule has 1 saturated heterocycles. The summed E-state index contributed by atoms with van der Waals surface area (Å²) in [5.41, 5.74) is 5.70. The van der Waals surface area contributed by atoms with Crippen LogP contribution in [0.25, 0.3) is 0 Å². The van der Waals surface area contributed by atoms with Crippen LogP contribution in [0.2, 0.25) is 0 Å². The van der Waals surface area contributed by atoms with Crippen LogP contribution < -0.4 is 5.73 Å². The molecule has 1 heterocycles. The Balaban J connectivity index is 2.50.